The third-order valence-corrected chi connectivity index (χ3v) is 4.12. The molecule has 2 aromatic heterocycles. The lowest BCUT2D eigenvalue weighted by molar-refractivity contribution is 0.200. The first-order chi connectivity index (χ1) is 11.7. The van der Waals surface area contributed by atoms with Gasteiger partial charge in [-0.3, -0.25) is 10.3 Å². The van der Waals surface area contributed by atoms with Crippen LogP contribution in [0.1, 0.15) is 6.92 Å². The Morgan fingerprint density at radius 2 is 2.04 bits per heavy atom. The molecule has 3 rings (SSSR count). The SMILES string of the molecule is COc1ccc(NC(=O)N2CCN(c3ccncc3)C(C)C2)nc1. The molecule has 0 saturated carbocycles. The van der Waals surface area contributed by atoms with Crippen LogP contribution in [0.4, 0.5) is 16.3 Å². The highest BCUT2D eigenvalue weighted by molar-refractivity contribution is 5.88. The van der Waals surface area contributed by atoms with E-state index in [1.165, 1.54) is 0 Å². The molecule has 1 fully saturated rings. The van der Waals surface area contributed by atoms with E-state index in [0.717, 1.165) is 12.2 Å². The van der Waals surface area contributed by atoms with Gasteiger partial charge in [0.1, 0.15) is 11.6 Å². The van der Waals surface area contributed by atoms with Gasteiger partial charge in [-0.15, -0.1) is 0 Å². The van der Waals surface area contributed by atoms with Gasteiger partial charge in [0.2, 0.25) is 0 Å². The van der Waals surface area contributed by atoms with Gasteiger partial charge in [-0.05, 0) is 31.2 Å². The summed E-state index contributed by atoms with van der Waals surface area (Å²) >= 11 is 0. The van der Waals surface area contributed by atoms with Gasteiger partial charge in [-0.1, -0.05) is 0 Å². The standard InChI is InChI=1S/C17H21N5O2/c1-13-12-21(9-10-22(13)14-5-7-18-8-6-14)17(23)20-16-4-3-15(24-2)11-19-16/h3-8,11,13H,9-10,12H2,1-2H3,(H,19,20,23). The maximum Gasteiger partial charge on any atom is 0.323 e. The lowest BCUT2D eigenvalue weighted by Gasteiger charge is -2.41. The summed E-state index contributed by atoms with van der Waals surface area (Å²) in [7, 11) is 1.58. The molecule has 0 bridgehead atoms. The molecule has 0 aliphatic carbocycles. The van der Waals surface area contributed by atoms with Gasteiger partial charge in [-0.25, -0.2) is 9.78 Å². The normalized spacial score (nSPS) is 17.5. The van der Waals surface area contributed by atoms with Gasteiger partial charge in [0.05, 0.1) is 13.3 Å². The number of hydrogen-bond acceptors (Lipinski definition) is 5. The number of anilines is 2. The van der Waals surface area contributed by atoms with Gasteiger partial charge in [0.15, 0.2) is 0 Å². The monoisotopic (exact) mass is 327 g/mol. The van der Waals surface area contributed by atoms with Crippen LogP contribution >= 0.6 is 0 Å². The van der Waals surface area contributed by atoms with Crippen molar-refractivity contribution in [3.8, 4) is 5.75 Å². The molecule has 1 aliphatic heterocycles. The van der Waals surface area contributed by atoms with Crippen LogP contribution in [0.5, 0.6) is 5.75 Å². The van der Waals surface area contributed by atoms with E-state index in [-0.39, 0.29) is 12.1 Å². The fourth-order valence-corrected chi connectivity index (χ4v) is 2.82. The Morgan fingerprint density at radius 3 is 2.67 bits per heavy atom. The summed E-state index contributed by atoms with van der Waals surface area (Å²) in [6, 6.07) is 7.59. The zero-order chi connectivity index (χ0) is 16.9. The Kier molecular flexibility index (Phi) is 4.79. The van der Waals surface area contributed by atoms with Gasteiger partial charge >= 0.3 is 6.03 Å². The third kappa shape index (κ3) is 3.56. The van der Waals surface area contributed by atoms with Gasteiger partial charge in [0, 0.05) is 43.8 Å². The van der Waals surface area contributed by atoms with Gasteiger partial charge in [0.25, 0.3) is 0 Å². The van der Waals surface area contributed by atoms with Crippen molar-refractivity contribution in [2.24, 2.45) is 0 Å². The van der Waals surface area contributed by atoms with Crippen molar-refractivity contribution in [1.82, 2.24) is 14.9 Å². The molecular weight excluding hydrogens is 306 g/mol. The number of methoxy groups -OCH3 is 1. The molecule has 7 nitrogen and oxygen atoms in total. The second kappa shape index (κ2) is 7.16. The van der Waals surface area contributed by atoms with Crippen molar-refractivity contribution in [1.29, 1.82) is 0 Å². The molecule has 126 valence electrons. The summed E-state index contributed by atoms with van der Waals surface area (Å²) < 4.78 is 5.06. The van der Waals surface area contributed by atoms with E-state index >= 15 is 0 Å². The molecule has 24 heavy (non-hydrogen) atoms. The maximum atomic E-state index is 12.4. The summed E-state index contributed by atoms with van der Waals surface area (Å²) in [5.74, 6) is 1.18. The zero-order valence-corrected chi connectivity index (χ0v) is 13.8. The fourth-order valence-electron chi connectivity index (χ4n) is 2.82. The van der Waals surface area contributed by atoms with E-state index < -0.39 is 0 Å². The molecule has 1 saturated heterocycles. The average Bonchev–Trinajstić information content (AvgIpc) is 2.63. The van der Waals surface area contributed by atoms with Crippen LogP contribution in [0.15, 0.2) is 42.9 Å². The third-order valence-electron chi connectivity index (χ3n) is 4.12. The van der Waals surface area contributed by atoms with Gasteiger partial charge < -0.3 is 14.5 Å². The Balaban J connectivity index is 1.59. The minimum Gasteiger partial charge on any atom is -0.495 e. The summed E-state index contributed by atoms with van der Waals surface area (Å²) in [6.07, 6.45) is 5.16. The summed E-state index contributed by atoms with van der Waals surface area (Å²) in [4.78, 5) is 24.7. The number of carbonyl (C=O) groups is 1. The molecule has 2 amide bonds. The first-order valence-electron chi connectivity index (χ1n) is 7.90. The van der Waals surface area contributed by atoms with Crippen molar-refractivity contribution in [3.63, 3.8) is 0 Å². The zero-order valence-electron chi connectivity index (χ0n) is 13.8. The molecule has 0 radical (unpaired) electrons. The molecule has 3 heterocycles. The highest BCUT2D eigenvalue weighted by Gasteiger charge is 2.27. The van der Waals surface area contributed by atoms with Crippen LogP contribution < -0.4 is 15.0 Å². The molecule has 1 unspecified atom stereocenters. The van der Waals surface area contributed by atoms with Crippen LogP contribution in [0.2, 0.25) is 0 Å². The summed E-state index contributed by atoms with van der Waals surface area (Å²) in [5, 5.41) is 2.83. The Bertz CT molecular complexity index is 677. The molecule has 0 aromatic carbocycles. The van der Waals surface area contributed by atoms with Crippen LogP contribution in [0.3, 0.4) is 0 Å². The quantitative estimate of drug-likeness (QED) is 0.936. The highest BCUT2D eigenvalue weighted by Crippen LogP contribution is 2.20. The van der Waals surface area contributed by atoms with E-state index in [1.807, 2.05) is 17.0 Å². The number of nitrogens with zero attached hydrogens (tertiary/aromatic N) is 4. The number of ether oxygens (including phenoxy) is 1. The number of amides is 2. The van der Waals surface area contributed by atoms with Crippen molar-refractivity contribution in [2.75, 3.05) is 37.0 Å². The van der Waals surface area contributed by atoms with E-state index in [1.54, 1.807) is 37.8 Å². The molecule has 0 spiro atoms. The predicted molar refractivity (Wildman–Crippen MR) is 92.4 cm³/mol. The number of pyridine rings is 2. The molecule has 1 N–H and O–H groups in total. The Labute approximate surface area is 141 Å². The first kappa shape index (κ1) is 16.0. The lowest BCUT2D eigenvalue weighted by atomic mass is 10.1. The predicted octanol–water partition coefficient (Wildman–Crippen LogP) is 2.23. The van der Waals surface area contributed by atoms with Crippen molar-refractivity contribution < 1.29 is 9.53 Å². The minimum absolute atomic E-state index is 0.131. The number of rotatable bonds is 3. The lowest BCUT2D eigenvalue weighted by Crippen LogP contribution is -2.54. The fraction of sp³-hybridized carbons (Fsp3) is 0.353. The minimum atomic E-state index is -0.131. The summed E-state index contributed by atoms with van der Waals surface area (Å²) in [5.41, 5.74) is 1.13. The number of carbonyl (C=O) groups excluding carboxylic acids is 1. The molecule has 7 heteroatoms. The maximum absolute atomic E-state index is 12.4. The first-order valence-corrected chi connectivity index (χ1v) is 7.90. The van der Waals surface area contributed by atoms with Crippen LogP contribution in [0, 0.1) is 0 Å². The number of nitrogens with one attached hydrogen (secondary N) is 1. The van der Waals surface area contributed by atoms with Crippen molar-refractivity contribution in [2.45, 2.75) is 13.0 Å². The topological polar surface area (TPSA) is 70.6 Å². The molecular formula is C17H21N5O2. The largest absolute Gasteiger partial charge is 0.495 e. The number of urea groups is 1. The molecule has 2 aromatic rings. The van der Waals surface area contributed by atoms with Crippen molar-refractivity contribution >= 4 is 17.5 Å². The van der Waals surface area contributed by atoms with E-state index in [4.69, 9.17) is 4.74 Å². The van der Waals surface area contributed by atoms with Crippen LogP contribution in [0.25, 0.3) is 0 Å². The summed E-state index contributed by atoms with van der Waals surface area (Å²) in [6.45, 7) is 4.22. The second-order valence-electron chi connectivity index (χ2n) is 5.71. The van der Waals surface area contributed by atoms with Crippen LogP contribution in [-0.2, 0) is 0 Å². The van der Waals surface area contributed by atoms with E-state index in [9.17, 15) is 4.79 Å². The average molecular weight is 327 g/mol. The highest BCUT2D eigenvalue weighted by atomic mass is 16.5. The van der Waals surface area contributed by atoms with E-state index in [2.05, 4.69) is 27.1 Å². The van der Waals surface area contributed by atoms with Gasteiger partial charge in [-0.2, -0.15) is 0 Å². The molecule has 1 atom stereocenters. The Morgan fingerprint density at radius 1 is 1.25 bits per heavy atom. The van der Waals surface area contributed by atoms with Crippen molar-refractivity contribution in [3.05, 3.63) is 42.9 Å². The number of aromatic nitrogens is 2. The smallest absolute Gasteiger partial charge is 0.323 e. The Hall–Kier alpha value is -2.83. The second-order valence-corrected chi connectivity index (χ2v) is 5.71. The number of piperazine rings is 1. The number of hydrogen-bond donors (Lipinski definition) is 1. The van der Waals surface area contributed by atoms with E-state index in [0.29, 0.717) is 24.7 Å². The molecule has 1 aliphatic rings. The van der Waals surface area contributed by atoms with Crippen LogP contribution in [-0.4, -0.2) is 53.7 Å².